The minimum Gasteiger partial charge on any atom is -0.618 e. The molecular formula is C28H23ClN8O4. The molecule has 3 N–H and O–H groups in total. The van der Waals surface area contributed by atoms with Crippen molar-refractivity contribution in [2.24, 2.45) is 17.6 Å². The number of rotatable bonds is 9. The van der Waals surface area contributed by atoms with Crippen LogP contribution in [0.15, 0.2) is 79.5 Å². The number of carboxylic acid groups (broad SMARTS) is 1. The Balaban J connectivity index is 1.36. The van der Waals surface area contributed by atoms with Gasteiger partial charge in [-0.15, -0.1) is 5.10 Å². The first-order valence-electron chi connectivity index (χ1n) is 12.7. The largest absolute Gasteiger partial charge is 0.618 e. The molecule has 0 radical (unpaired) electrons. The summed E-state index contributed by atoms with van der Waals surface area (Å²) in [6.07, 6.45) is 7.54. The Labute approximate surface area is 238 Å². The molecule has 1 fully saturated rings. The second-order valence-electron chi connectivity index (χ2n) is 9.93. The predicted molar refractivity (Wildman–Crippen MR) is 147 cm³/mol. The first kappa shape index (κ1) is 26.1. The molecule has 41 heavy (non-hydrogen) atoms. The number of pyridine rings is 1. The van der Waals surface area contributed by atoms with Gasteiger partial charge in [-0.3, -0.25) is 9.48 Å². The normalized spacial score (nSPS) is 16.8. The van der Waals surface area contributed by atoms with Gasteiger partial charge in [0.25, 0.3) is 0 Å². The van der Waals surface area contributed by atoms with Gasteiger partial charge < -0.3 is 16.0 Å². The van der Waals surface area contributed by atoms with Crippen LogP contribution in [0.4, 0.5) is 0 Å². The number of carboxylic acids is 1. The number of halogens is 1. The van der Waals surface area contributed by atoms with E-state index in [1.807, 2.05) is 12.3 Å². The second-order valence-corrected chi connectivity index (χ2v) is 10.4. The van der Waals surface area contributed by atoms with E-state index < -0.39 is 12.0 Å². The molecule has 5 aromatic rings. The number of aromatic nitrogens is 7. The molecule has 0 spiro atoms. The van der Waals surface area contributed by atoms with E-state index in [1.54, 1.807) is 47.3 Å². The van der Waals surface area contributed by atoms with Gasteiger partial charge in [-0.1, -0.05) is 23.7 Å². The average Bonchev–Trinajstić information content (AvgIpc) is 3.31. The Morgan fingerprint density at radius 2 is 1.90 bits per heavy atom. The van der Waals surface area contributed by atoms with Crippen molar-refractivity contribution in [3.8, 4) is 27.9 Å². The van der Waals surface area contributed by atoms with E-state index in [2.05, 4.69) is 20.6 Å². The van der Waals surface area contributed by atoms with Crippen molar-refractivity contribution < 1.29 is 19.4 Å². The Morgan fingerprint density at radius 1 is 1.12 bits per heavy atom. The molecule has 3 heterocycles. The van der Waals surface area contributed by atoms with Gasteiger partial charge >= 0.3 is 5.97 Å². The van der Waals surface area contributed by atoms with Crippen LogP contribution >= 0.6 is 11.6 Å². The third-order valence-corrected chi connectivity index (χ3v) is 7.59. The van der Waals surface area contributed by atoms with Crippen LogP contribution in [0.1, 0.15) is 34.9 Å². The Hall–Kier alpha value is -5.10. The Morgan fingerprint density at radius 3 is 2.56 bits per heavy atom. The summed E-state index contributed by atoms with van der Waals surface area (Å²) < 4.78 is 3.99. The number of carbonyl (C=O) groups is 2. The third kappa shape index (κ3) is 5.24. The first-order valence-corrected chi connectivity index (χ1v) is 13.1. The second kappa shape index (κ2) is 10.5. The van der Waals surface area contributed by atoms with Gasteiger partial charge in [0.15, 0.2) is 6.20 Å². The van der Waals surface area contributed by atoms with Crippen molar-refractivity contribution in [3.05, 3.63) is 101 Å². The van der Waals surface area contributed by atoms with Crippen LogP contribution in [0.25, 0.3) is 27.9 Å². The maximum atomic E-state index is 13.6. The molecule has 2 aromatic carbocycles. The molecule has 1 amide bonds. The number of tetrazole rings is 1. The lowest BCUT2D eigenvalue weighted by Crippen LogP contribution is -2.35. The van der Waals surface area contributed by atoms with Crippen LogP contribution in [0, 0.1) is 17.0 Å². The quantitative estimate of drug-likeness (QED) is 0.201. The Bertz CT molecular complexity index is 1750. The summed E-state index contributed by atoms with van der Waals surface area (Å²) in [5, 5.41) is 39.1. The Kier molecular flexibility index (Phi) is 6.67. The van der Waals surface area contributed by atoms with Crippen LogP contribution in [0.5, 0.6) is 0 Å². The van der Waals surface area contributed by atoms with E-state index in [9.17, 15) is 19.9 Å². The molecule has 3 aromatic heterocycles. The maximum absolute atomic E-state index is 13.6. The predicted octanol–water partition coefficient (Wildman–Crippen LogP) is 3.28. The number of benzene rings is 2. The van der Waals surface area contributed by atoms with E-state index >= 15 is 0 Å². The van der Waals surface area contributed by atoms with Gasteiger partial charge in [0.1, 0.15) is 12.4 Å². The lowest BCUT2D eigenvalue weighted by molar-refractivity contribution is -0.615. The number of amides is 1. The number of nitrogens with two attached hydrogens (primary N) is 1. The van der Waals surface area contributed by atoms with Crippen molar-refractivity contribution in [1.29, 1.82) is 0 Å². The highest BCUT2D eigenvalue weighted by atomic mass is 35.5. The standard InChI is InChI=1S/C28H23ClN8O4/c29-21-6-8-24(36-15-31-33-34-36)22(11-21)18-5-7-25(37(41)14-18)26(10-19-9-23(19)27(30)38)35-13-20(12-32-35)16-1-3-17(4-2-16)28(39)40/h1-8,11-15,19,23,26H,9-10H2,(H2,30,38)(H,39,40)/t19-,23-,26?/m0/s1. The molecule has 0 aliphatic heterocycles. The minimum atomic E-state index is -1.01. The molecule has 0 saturated heterocycles. The SMILES string of the molecule is NC(=O)[C@H]1C[C@H]1CC(c1ccc(-c2cc(Cl)ccc2-n2cnnn2)c[n+]1[O-])n1cc(-c2ccc(C(=O)O)cc2)cn1. The fourth-order valence-electron chi connectivity index (χ4n) is 5.09. The average molecular weight is 571 g/mol. The molecule has 3 atom stereocenters. The van der Waals surface area contributed by atoms with Crippen molar-refractivity contribution >= 4 is 23.5 Å². The number of hydrogen-bond acceptors (Lipinski definition) is 7. The number of hydrogen-bond donors (Lipinski definition) is 2. The highest BCUT2D eigenvalue weighted by Gasteiger charge is 2.44. The summed E-state index contributed by atoms with van der Waals surface area (Å²) in [6, 6.07) is 14.8. The van der Waals surface area contributed by atoms with E-state index in [0.717, 1.165) is 15.9 Å². The molecule has 13 heteroatoms. The lowest BCUT2D eigenvalue weighted by atomic mass is 10.0. The zero-order valence-electron chi connectivity index (χ0n) is 21.4. The number of nitrogens with zero attached hydrogens (tertiary/aromatic N) is 7. The van der Waals surface area contributed by atoms with Crippen molar-refractivity contribution in [3.63, 3.8) is 0 Å². The summed E-state index contributed by atoms with van der Waals surface area (Å²) in [5.74, 6) is -1.57. The van der Waals surface area contributed by atoms with Crippen LogP contribution < -0.4 is 10.5 Å². The topological polar surface area (TPSA) is 169 Å². The van der Waals surface area contributed by atoms with E-state index in [1.165, 1.54) is 29.3 Å². The zero-order valence-corrected chi connectivity index (χ0v) is 22.2. The van der Waals surface area contributed by atoms with Crippen LogP contribution in [-0.2, 0) is 4.79 Å². The van der Waals surface area contributed by atoms with Gasteiger partial charge in [-0.05, 0) is 71.1 Å². The molecule has 1 saturated carbocycles. The summed E-state index contributed by atoms with van der Waals surface area (Å²) >= 11 is 6.29. The molecule has 12 nitrogen and oxygen atoms in total. The molecule has 206 valence electrons. The van der Waals surface area contributed by atoms with Crippen LogP contribution in [-0.4, -0.2) is 47.0 Å². The van der Waals surface area contributed by atoms with Crippen LogP contribution in [0.2, 0.25) is 5.02 Å². The van der Waals surface area contributed by atoms with Crippen molar-refractivity contribution in [2.45, 2.75) is 18.9 Å². The van der Waals surface area contributed by atoms with E-state index in [-0.39, 0.29) is 23.3 Å². The molecular weight excluding hydrogens is 548 g/mol. The molecule has 0 bridgehead atoms. The number of primary amides is 1. The van der Waals surface area contributed by atoms with Gasteiger partial charge in [-0.25, -0.2) is 4.79 Å². The van der Waals surface area contributed by atoms with E-state index in [0.29, 0.717) is 40.4 Å². The van der Waals surface area contributed by atoms with Crippen molar-refractivity contribution in [1.82, 2.24) is 30.0 Å². The highest BCUT2D eigenvalue weighted by Crippen LogP contribution is 2.45. The number of aromatic carboxylic acids is 1. The van der Waals surface area contributed by atoms with E-state index in [4.69, 9.17) is 17.3 Å². The lowest BCUT2D eigenvalue weighted by Gasteiger charge is -2.18. The smallest absolute Gasteiger partial charge is 0.335 e. The molecule has 1 aliphatic rings. The fraction of sp³-hybridized carbons (Fsp3) is 0.179. The summed E-state index contributed by atoms with van der Waals surface area (Å²) in [5.41, 5.74) is 9.62. The summed E-state index contributed by atoms with van der Waals surface area (Å²) in [4.78, 5) is 23.0. The van der Waals surface area contributed by atoms with Gasteiger partial charge in [0.05, 0.1) is 17.4 Å². The van der Waals surface area contributed by atoms with Crippen LogP contribution in [0.3, 0.4) is 0 Å². The maximum Gasteiger partial charge on any atom is 0.335 e. The zero-order chi connectivity index (χ0) is 28.7. The summed E-state index contributed by atoms with van der Waals surface area (Å²) in [6.45, 7) is 0. The number of carbonyl (C=O) groups excluding carboxylic acids is 1. The molecule has 6 rings (SSSR count). The van der Waals surface area contributed by atoms with Gasteiger partial charge in [-0.2, -0.15) is 14.5 Å². The summed E-state index contributed by atoms with van der Waals surface area (Å²) in [7, 11) is 0. The van der Waals surface area contributed by atoms with Crippen molar-refractivity contribution in [2.75, 3.05) is 0 Å². The molecule has 1 aliphatic carbocycles. The monoisotopic (exact) mass is 570 g/mol. The third-order valence-electron chi connectivity index (χ3n) is 7.35. The highest BCUT2D eigenvalue weighted by molar-refractivity contribution is 6.31. The first-order chi connectivity index (χ1) is 19.8. The van der Waals surface area contributed by atoms with Gasteiger partial charge in [0, 0.05) is 39.9 Å². The fourth-order valence-corrected chi connectivity index (χ4v) is 5.26. The van der Waals surface area contributed by atoms with Gasteiger partial charge in [0.2, 0.25) is 11.6 Å². The minimum absolute atomic E-state index is 0.0269. The molecule has 1 unspecified atom stereocenters.